The van der Waals surface area contributed by atoms with Crippen LogP contribution in [0.15, 0.2) is 18.2 Å². The van der Waals surface area contributed by atoms with E-state index in [9.17, 15) is 0 Å². The molecular formula is C13H19NO. The third-order valence-electron chi connectivity index (χ3n) is 2.96. The van der Waals surface area contributed by atoms with Crippen LogP contribution < -0.4 is 10.5 Å². The van der Waals surface area contributed by atoms with Crippen molar-refractivity contribution in [3.8, 4) is 5.75 Å². The van der Waals surface area contributed by atoms with Gasteiger partial charge in [-0.1, -0.05) is 25.8 Å². The summed E-state index contributed by atoms with van der Waals surface area (Å²) < 4.78 is 5.66. The van der Waals surface area contributed by atoms with Gasteiger partial charge in [0.05, 0.1) is 12.3 Å². The highest BCUT2D eigenvalue weighted by Crippen LogP contribution is 2.32. The van der Waals surface area contributed by atoms with E-state index in [2.05, 4.69) is 13.0 Å². The summed E-state index contributed by atoms with van der Waals surface area (Å²) in [7, 11) is 0. The number of aryl methyl sites for hydroxylation is 1. The van der Waals surface area contributed by atoms with Crippen molar-refractivity contribution in [2.45, 2.75) is 32.6 Å². The first-order chi connectivity index (χ1) is 7.29. The molecule has 0 radical (unpaired) electrons. The van der Waals surface area contributed by atoms with Gasteiger partial charge >= 0.3 is 0 Å². The molecule has 1 aliphatic rings. The Morgan fingerprint density at radius 3 is 2.80 bits per heavy atom. The quantitative estimate of drug-likeness (QED) is 0.750. The Morgan fingerprint density at radius 2 is 2.20 bits per heavy atom. The molecule has 1 aromatic rings. The predicted octanol–water partition coefficient (Wildman–Crippen LogP) is 3.01. The average molecular weight is 205 g/mol. The molecule has 0 spiro atoms. The zero-order valence-corrected chi connectivity index (χ0v) is 9.33. The van der Waals surface area contributed by atoms with E-state index in [1.54, 1.807) is 0 Å². The monoisotopic (exact) mass is 205 g/mol. The van der Waals surface area contributed by atoms with Gasteiger partial charge in [0.1, 0.15) is 5.75 Å². The van der Waals surface area contributed by atoms with Crippen molar-refractivity contribution < 1.29 is 4.74 Å². The van der Waals surface area contributed by atoms with Gasteiger partial charge in [-0.3, -0.25) is 0 Å². The first-order valence-corrected chi connectivity index (χ1v) is 5.80. The standard InChI is InChI=1S/C13H19NO/c1-2-10-5-6-13(12(14)9-10)15-8-7-11-3-4-11/h5-6,9,11H,2-4,7-8,14H2,1H3. The minimum atomic E-state index is 0.769. The number of hydrogen-bond acceptors (Lipinski definition) is 2. The molecule has 2 heteroatoms. The summed E-state index contributed by atoms with van der Waals surface area (Å²) in [5.74, 6) is 1.76. The Hall–Kier alpha value is -1.18. The Labute approximate surface area is 91.4 Å². The Morgan fingerprint density at radius 1 is 1.40 bits per heavy atom. The van der Waals surface area contributed by atoms with Crippen LogP contribution in [0.1, 0.15) is 31.7 Å². The highest BCUT2D eigenvalue weighted by molar-refractivity contribution is 5.54. The maximum Gasteiger partial charge on any atom is 0.142 e. The van der Waals surface area contributed by atoms with Crippen molar-refractivity contribution in [2.75, 3.05) is 12.3 Å². The molecule has 2 N–H and O–H groups in total. The van der Waals surface area contributed by atoms with Gasteiger partial charge in [0.2, 0.25) is 0 Å². The van der Waals surface area contributed by atoms with E-state index in [4.69, 9.17) is 10.5 Å². The number of benzene rings is 1. The second kappa shape index (κ2) is 4.56. The molecule has 0 unspecified atom stereocenters. The van der Waals surface area contributed by atoms with Gasteiger partial charge in [-0.2, -0.15) is 0 Å². The summed E-state index contributed by atoms with van der Waals surface area (Å²) in [6.45, 7) is 2.93. The van der Waals surface area contributed by atoms with Crippen molar-refractivity contribution in [3.05, 3.63) is 23.8 Å². The molecule has 2 rings (SSSR count). The van der Waals surface area contributed by atoms with Crippen molar-refractivity contribution in [2.24, 2.45) is 5.92 Å². The van der Waals surface area contributed by atoms with Crippen molar-refractivity contribution >= 4 is 5.69 Å². The summed E-state index contributed by atoms with van der Waals surface area (Å²) in [6.07, 6.45) is 4.96. The maximum absolute atomic E-state index is 5.90. The molecule has 0 saturated heterocycles. The van der Waals surface area contributed by atoms with Crippen LogP contribution in [-0.2, 0) is 6.42 Å². The molecule has 1 aliphatic carbocycles. The van der Waals surface area contributed by atoms with Crippen LogP contribution >= 0.6 is 0 Å². The second-order valence-electron chi connectivity index (χ2n) is 4.31. The molecule has 0 aliphatic heterocycles. The molecule has 0 bridgehead atoms. The Kier molecular flexibility index (Phi) is 3.14. The number of rotatable bonds is 5. The van der Waals surface area contributed by atoms with E-state index >= 15 is 0 Å². The highest BCUT2D eigenvalue weighted by atomic mass is 16.5. The smallest absolute Gasteiger partial charge is 0.142 e. The van der Waals surface area contributed by atoms with E-state index < -0.39 is 0 Å². The molecule has 1 saturated carbocycles. The molecule has 0 heterocycles. The van der Waals surface area contributed by atoms with Crippen LogP contribution in [0.4, 0.5) is 5.69 Å². The van der Waals surface area contributed by atoms with E-state index in [0.29, 0.717) is 0 Å². The van der Waals surface area contributed by atoms with Gasteiger partial charge in [0.25, 0.3) is 0 Å². The number of nitrogen functional groups attached to an aromatic ring is 1. The Balaban J connectivity index is 1.88. The molecule has 0 aromatic heterocycles. The maximum atomic E-state index is 5.90. The Bertz CT molecular complexity index is 331. The fraction of sp³-hybridized carbons (Fsp3) is 0.538. The third kappa shape index (κ3) is 2.88. The summed E-state index contributed by atoms with van der Waals surface area (Å²) >= 11 is 0. The van der Waals surface area contributed by atoms with Crippen molar-refractivity contribution in [1.29, 1.82) is 0 Å². The van der Waals surface area contributed by atoms with E-state index in [1.807, 2.05) is 12.1 Å². The van der Waals surface area contributed by atoms with Gasteiger partial charge in [-0.15, -0.1) is 0 Å². The van der Waals surface area contributed by atoms with Gasteiger partial charge < -0.3 is 10.5 Å². The van der Waals surface area contributed by atoms with Crippen molar-refractivity contribution in [3.63, 3.8) is 0 Å². The lowest BCUT2D eigenvalue weighted by atomic mass is 10.1. The van der Waals surface area contributed by atoms with Gasteiger partial charge in [-0.05, 0) is 36.5 Å². The lowest BCUT2D eigenvalue weighted by Crippen LogP contribution is -2.01. The average Bonchev–Trinajstić information content (AvgIpc) is 3.04. The number of hydrogen-bond donors (Lipinski definition) is 1. The largest absolute Gasteiger partial charge is 0.491 e. The zero-order chi connectivity index (χ0) is 10.7. The predicted molar refractivity (Wildman–Crippen MR) is 63.1 cm³/mol. The molecule has 82 valence electrons. The zero-order valence-electron chi connectivity index (χ0n) is 9.33. The number of nitrogens with two attached hydrogens (primary N) is 1. The SMILES string of the molecule is CCc1ccc(OCCC2CC2)c(N)c1. The highest BCUT2D eigenvalue weighted by Gasteiger charge is 2.20. The summed E-state index contributed by atoms with van der Waals surface area (Å²) in [5.41, 5.74) is 7.94. The van der Waals surface area contributed by atoms with Crippen LogP contribution in [0.5, 0.6) is 5.75 Å². The topological polar surface area (TPSA) is 35.2 Å². The first-order valence-electron chi connectivity index (χ1n) is 5.80. The number of ether oxygens (including phenoxy) is 1. The minimum absolute atomic E-state index is 0.769. The molecule has 15 heavy (non-hydrogen) atoms. The summed E-state index contributed by atoms with van der Waals surface area (Å²) in [6, 6.07) is 6.08. The van der Waals surface area contributed by atoms with Gasteiger partial charge in [-0.25, -0.2) is 0 Å². The number of anilines is 1. The van der Waals surface area contributed by atoms with Gasteiger partial charge in [0, 0.05) is 0 Å². The lowest BCUT2D eigenvalue weighted by molar-refractivity contribution is 0.304. The van der Waals surface area contributed by atoms with E-state index in [0.717, 1.165) is 30.4 Å². The van der Waals surface area contributed by atoms with Crippen LogP contribution in [0.3, 0.4) is 0 Å². The lowest BCUT2D eigenvalue weighted by Gasteiger charge is -2.09. The normalized spacial score (nSPS) is 15.3. The van der Waals surface area contributed by atoms with Crippen LogP contribution in [0.25, 0.3) is 0 Å². The minimum Gasteiger partial charge on any atom is -0.491 e. The van der Waals surface area contributed by atoms with Crippen molar-refractivity contribution in [1.82, 2.24) is 0 Å². The van der Waals surface area contributed by atoms with Gasteiger partial charge in [0.15, 0.2) is 0 Å². The van der Waals surface area contributed by atoms with E-state index in [-0.39, 0.29) is 0 Å². The molecular weight excluding hydrogens is 186 g/mol. The van der Waals surface area contributed by atoms with Crippen LogP contribution in [-0.4, -0.2) is 6.61 Å². The third-order valence-corrected chi connectivity index (χ3v) is 2.96. The molecule has 1 fully saturated rings. The van der Waals surface area contributed by atoms with Crippen LogP contribution in [0, 0.1) is 5.92 Å². The first kappa shape index (κ1) is 10.3. The van der Waals surface area contributed by atoms with Crippen LogP contribution in [0.2, 0.25) is 0 Å². The molecule has 0 atom stereocenters. The summed E-state index contributed by atoms with van der Waals surface area (Å²) in [5, 5.41) is 0. The fourth-order valence-electron chi connectivity index (χ4n) is 1.69. The molecule has 2 nitrogen and oxygen atoms in total. The second-order valence-corrected chi connectivity index (χ2v) is 4.31. The van der Waals surface area contributed by atoms with E-state index in [1.165, 1.54) is 24.8 Å². The fourth-order valence-corrected chi connectivity index (χ4v) is 1.69. The summed E-state index contributed by atoms with van der Waals surface area (Å²) in [4.78, 5) is 0. The molecule has 0 amide bonds. The molecule has 1 aromatic carbocycles.